The molecule has 6 heteroatoms. The first kappa shape index (κ1) is 16.7. The summed E-state index contributed by atoms with van der Waals surface area (Å²) in [5.74, 6) is 1.59. The Bertz CT molecular complexity index is 563. The monoisotopic (exact) mass is 324 g/mol. The Morgan fingerprint density at radius 1 is 1.22 bits per heavy atom. The van der Waals surface area contributed by atoms with Crippen LogP contribution in [0.3, 0.4) is 0 Å². The van der Waals surface area contributed by atoms with Crippen LogP contribution < -0.4 is 10.2 Å². The van der Waals surface area contributed by atoms with Crippen LogP contribution in [0.1, 0.15) is 40.5 Å². The minimum atomic E-state index is -2.82. The van der Waals surface area contributed by atoms with E-state index in [1.165, 1.54) is 18.6 Å². The quantitative estimate of drug-likeness (QED) is 0.775. The van der Waals surface area contributed by atoms with Crippen molar-refractivity contribution in [3.05, 3.63) is 24.3 Å². The molecule has 1 saturated carbocycles. The van der Waals surface area contributed by atoms with E-state index in [4.69, 9.17) is 9.31 Å². The van der Waals surface area contributed by atoms with E-state index in [0.717, 1.165) is 17.8 Å². The summed E-state index contributed by atoms with van der Waals surface area (Å²) >= 11 is 0. The fraction of sp³-hybridized carbons (Fsp3) is 0.647. The molecule has 0 N–H and O–H groups in total. The van der Waals surface area contributed by atoms with Crippen molar-refractivity contribution in [2.45, 2.75) is 58.4 Å². The zero-order chi connectivity index (χ0) is 16.8. The van der Waals surface area contributed by atoms with Gasteiger partial charge in [-0.1, -0.05) is 19.1 Å². The summed E-state index contributed by atoms with van der Waals surface area (Å²) in [7, 11) is -0.482. The van der Waals surface area contributed by atoms with Crippen molar-refractivity contribution in [2.75, 3.05) is 0 Å². The van der Waals surface area contributed by atoms with Crippen LogP contribution in [0.5, 0.6) is 5.75 Å². The van der Waals surface area contributed by atoms with Crippen molar-refractivity contribution < 1.29 is 22.8 Å². The molecular weight excluding hydrogens is 301 g/mol. The second-order valence-corrected chi connectivity index (χ2v) is 7.43. The first-order valence-electron chi connectivity index (χ1n) is 8.10. The maximum atomic E-state index is 12.2. The number of alkyl halides is 2. The van der Waals surface area contributed by atoms with Crippen molar-refractivity contribution in [1.29, 1.82) is 0 Å². The highest BCUT2D eigenvalue weighted by Crippen LogP contribution is 2.50. The average molecular weight is 324 g/mol. The van der Waals surface area contributed by atoms with Crippen molar-refractivity contribution in [2.24, 2.45) is 11.8 Å². The van der Waals surface area contributed by atoms with Crippen molar-refractivity contribution in [3.8, 4) is 5.75 Å². The molecular formula is C17H23BF2O3. The molecule has 1 heterocycles. The van der Waals surface area contributed by atoms with Crippen LogP contribution in [-0.2, 0) is 9.31 Å². The number of halogens is 2. The van der Waals surface area contributed by atoms with Gasteiger partial charge in [0.2, 0.25) is 0 Å². The number of hydrogen-bond acceptors (Lipinski definition) is 3. The van der Waals surface area contributed by atoms with E-state index in [0.29, 0.717) is 5.92 Å². The van der Waals surface area contributed by atoms with Gasteiger partial charge >= 0.3 is 13.7 Å². The van der Waals surface area contributed by atoms with E-state index in [1.54, 1.807) is 12.1 Å². The lowest BCUT2D eigenvalue weighted by molar-refractivity contribution is -0.0498. The van der Waals surface area contributed by atoms with Gasteiger partial charge < -0.3 is 14.0 Å². The molecule has 0 bridgehead atoms. The molecule has 1 aliphatic carbocycles. The summed E-state index contributed by atoms with van der Waals surface area (Å²) in [4.78, 5) is 0. The third kappa shape index (κ3) is 3.38. The van der Waals surface area contributed by atoms with E-state index < -0.39 is 19.3 Å². The topological polar surface area (TPSA) is 27.7 Å². The highest BCUT2D eigenvalue weighted by molar-refractivity contribution is 6.62. The molecule has 1 aromatic carbocycles. The number of hydrogen-bond donors (Lipinski definition) is 0. The average Bonchev–Trinajstić information content (AvgIpc) is 3.05. The Kier molecular flexibility index (Phi) is 4.17. The predicted molar refractivity (Wildman–Crippen MR) is 85.0 cm³/mol. The highest BCUT2D eigenvalue weighted by Gasteiger charge is 2.56. The second kappa shape index (κ2) is 5.74. The van der Waals surface area contributed by atoms with E-state index in [1.807, 2.05) is 13.8 Å². The van der Waals surface area contributed by atoms with Gasteiger partial charge in [0.25, 0.3) is 0 Å². The van der Waals surface area contributed by atoms with Crippen LogP contribution in [0.15, 0.2) is 24.3 Å². The van der Waals surface area contributed by atoms with Gasteiger partial charge in [0.15, 0.2) is 0 Å². The molecule has 2 unspecified atom stereocenters. The van der Waals surface area contributed by atoms with Gasteiger partial charge in [-0.05, 0) is 63.0 Å². The standard InChI is InChI=1S/C17H23BF2O3/c1-11-9-12(11)10-17(4)16(2,3)22-18(23-17)13-5-7-14(8-6-13)21-15(19)20/h5-8,11-12,15H,9-10H2,1-4H3/t11?,12-,17?/m1/s1. The van der Waals surface area contributed by atoms with Crippen LogP contribution in [0.2, 0.25) is 0 Å². The van der Waals surface area contributed by atoms with Crippen molar-refractivity contribution >= 4 is 12.6 Å². The van der Waals surface area contributed by atoms with Gasteiger partial charge in [0.1, 0.15) is 5.75 Å². The second-order valence-electron chi connectivity index (χ2n) is 7.43. The van der Waals surface area contributed by atoms with Crippen LogP contribution >= 0.6 is 0 Å². The molecule has 1 aromatic rings. The van der Waals surface area contributed by atoms with Crippen molar-refractivity contribution in [1.82, 2.24) is 0 Å². The molecule has 3 nitrogen and oxygen atoms in total. The predicted octanol–water partition coefficient (Wildman–Crippen LogP) is 3.61. The van der Waals surface area contributed by atoms with E-state index in [2.05, 4.69) is 18.6 Å². The molecule has 0 aromatic heterocycles. The molecule has 3 atom stereocenters. The molecule has 126 valence electrons. The number of benzene rings is 1. The third-order valence-corrected chi connectivity index (χ3v) is 5.35. The molecule has 23 heavy (non-hydrogen) atoms. The first-order chi connectivity index (χ1) is 10.7. The number of rotatable bonds is 5. The molecule has 0 radical (unpaired) electrons. The largest absolute Gasteiger partial charge is 0.494 e. The van der Waals surface area contributed by atoms with Crippen molar-refractivity contribution in [3.63, 3.8) is 0 Å². The molecule has 1 aliphatic heterocycles. The molecule has 1 saturated heterocycles. The summed E-state index contributed by atoms with van der Waals surface area (Å²) in [5.41, 5.74) is 0.0517. The molecule has 0 amide bonds. The Morgan fingerprint density at radius 3 is 2.35 bits per heavy atom. The normalized spacial score (nSPS) is 32.4. The Labute approximate surface area is 136 Å². The summed E-state index contributed by atoms with van der Waals surface area (Å²) in [6, 6.07) is 6.45. The van der Waals surface area contributed by atoms with E-state index in [-0.39, 0.29) is 11.4 Å². The van der Waals surface area contributed by atoms with Crippen LogP contribution in [0.4, 0.5) is 8.78 Å². The molecule has 3 rings (SSSR count). The third-order valence-electron chi connectivity index (χ3n) is 5.35. The van der Waals surface area contributed by atoms with E-state index in [9.17, 15) is 8.78 Å². The molecule has 2 aliphatic rings. The minimum Gasteiger partial charge on any atom is -0.435 e. The summed E-state index contributed by atoms with van der Waals surface area (Å²) in [6.45, 7) is 5.65. The van der Waals surface area contributed by atoms with Gasteiger partial charge in [-0.3, -0.25) is 0 Å². The smallest absolute Gasteiger partial charge is 0.435 e. The zero-order valence-corrected chi connectivity index (χ0v) is 14.0. The van der Waals surface area contributed by atoms with Gasteiger partial charge in [-0.15, -0.1) is 0 Å². The number of ether oxygens (including phenoxy) is 1. The lowest BCUT2D eigenvalue weighted by atomic mass is 9.79. The van der Waals surface area contributed by atoms with Gasteiger partial charge in [0.05, 0.1) is 11.2 Å². The van der Waals surface area contributed by atoms with Gasteiger partial charge in [-0.25, -0.2) is 0 Å². The first-order valence-corrected chi connectivity index (χ1v) is 8.10. The summed E-state index contributed by atoms with van der Waals surface area (Å²) in [5, 5.41) is 0. The summed E-state index contributed by atoms with van der Waals surface area (Å²) in [6.07, 6.45) is 2.23. The fourth-order valence-electron chi connectivity index (χ4n) is 3.21. The van der Waals surface area contributed by atoms with Crippen LogP contribution in [-0.4, -0.2) is 24.9 Å². The van der Waals surface area contributed by atoms with Crippen LogP contribution in [0.25, 0.3) is 0 Å². The lowest BCUT2D eigenvalue weighted by Gasteiger charge is -2.36. The van der Waals surface area contributed by atoms with Gasteiger partial charge in [0, 0.05) is 0 Å². The maximum absolute atomic E-state index is 12.2. The van der Waals surface area contributed by atoms with E-state index >= 15 is 0 Å². The highest BCUT2D eigenvalue weighted by atomic mass is 19.3. The Morgan fingerprint density at radius 2 is 1.83 bits per heavy atom. The summed E-state index contributed by atoms with van der Waals surface area (Å²) < 4.78 is 41.2. The Balaban J connectivity index is 1.72. The lowest BCUT2D eigenvalue weighted by Crippen LogP contribution is -2.45. The molecule has 2 fully saturated rings. The maximum Gasteiger partial charge on any atom is 0.494 e. The van der Waals surface area contributed by atoms with Gasteiger partial charge in [-0.2, -0.15) is 8.78 Å². The minimum absolute atomic E-state index is 0.135. The Hall–Kier alpha value is -1.14. The fourth-order valence-corrected chi connectivity index (χ4v) is 3.21. The molecule has 0 spiro atoms. The SMILES string of the molecule is CC1C[C@@H]1CC1(C)OB(c2ccc(OC(F)F)cc2)OC1(C)C. The zero-order valence-electron chi connectivity index (χ0n) is 14.0. The van der Waals surface area contributed by atoms with Crippen LogP contribution in [0, 0.1) is 11.8 Å².